The first-order valence-corrected chi connectivity index (χ1v) is 8.84. The normalized spacial score (nSPS) is 10.7. The highest BCUT2D eigenvalue weighted by molar-refractivity contribution is 5.89. The monoisotopic (exact) mass is 353 g/mol. The predicted molar refractivity (Wildman–Crippen MR) is 109 cm³/mol. The summed E-state index contributed by atoms with van der Waals surface area (Å²) in [6.07, 6.45) is 4.38. The van der Waals surface area contributed by atoms with Crippen molar-refractivity contribution in [1.29, 1.82) is 0 Å². The molecule has 0 radical (unpaired) electrons. The molecule has 0 spiro atoms. The molecular weight excluding hydrogens is 334 g/mol. The van der Waals surface area contributed by atoms with Crippen molar-refractivity contribution in [2.45, 2.75) is 13.3 Å². The third-order valence-corrected chi connectivity index (χ3v) is 4.43. The maximum absolute atomic E-state index is 11.2. The number of rotatable bonds is 4. The number of benzene rings is 2. The molecule has 2 aromatic carbocycles. The highest BCUT2D eigenvalue weighted by Crippen LogP contribution is 2.26. The summed E-state index contributed by atoms with van der Waals surface area (Å²) in [6.45, 7) is 1.51. The van der Waals surface area contributed by atoms with Crippen molar-refractivity contribution in [1.82, 2.24) is 9.97 Å². The third kappa shape index (κ3) is 3.85. The molecule has 4 nitrogen and oxygen atoms in total. The minimum atomic E-state index is -0.0722. The summed E-state index contributed by atoms with van der Waals surface area (Å²) < 4.78 is 0. The van der Waals surface area contributed by atoms with Crippen LogP contribution in [0.1, 0.15) is 18.2 Å². The maximum Gasteiger partial charge on any atom is 0.221 e. The molecule has 1 amide bonds. The van der Waals surface area contributed by atoms with Crippen LogP contribution in [0, 0.1) is 0 Å². The molecule has 4 aromatic rings. The maximum atomic E-state index is 11.2. The standard InChI is InChI=1S/C23H19N3O/c1-16(27)25-20-9-7-17(8-10-20)13-23-21-15-24-12-11-19(21)14-22(26-23)18-5-3-2-4-6-18/h2-12,14-15H,13H2,1H3,(H,25,27). The molecule has 4 heteroatoms. The van der Waals surface area contributed by atoms with E-state index >= 15 is 0 Å². The molecule has 4 rings (SSSR count). The number of anilines is 1. The highest BCUT2D eigenvalue weighted by Gasteiger charge is 2.09. The first-order valence-electron chi connectivity index (χ1n) is 8.84. The summed E-state index contributed by atoms with van der Waals surface area (Å²) in [6, 6.07) is 22.2. The number of nitrogens with zero attached hydrogens (tertiary/aromatic N) is 2. The summed E-state index contributed by atoms with van der Waals surface area (Å²) in [5.74, 6) is -0.0722. The average molecular weight is 353 g/mol. The summed E-state index contributed by atoms with van der Waals surface area (Å²) in [4.78, 5) is 20.4. The average Bonchev–Trinajstić information content (AvgIpc) is 2.70. The Kier molecular flexibility index (Phi) is 4.62. The van der Waals surface area contributed by atoms with Gasteiger partial charge < -0.3 is 5.32 Å². The van der Waals surface area contributed by atoms with Gasteiger partial charge in [-0.1, -0.05) is 42.5 Å². The second-order valence-corrected chi connectivity index (χ2v) is 6.47. The molecule has 0 aliphatic rings. The van der Waals surface area contributed by atoms with Gasteiger partial charge in [0.05, 0.1) is 11.4 Å². The van der Waals surface area contributed by atoms with Crippen LogP contribution in [0.2, 0.25) is 0 Å². The zero-order chi connectivity index (χ0) is 18.6. The summed E-state index contributed by atoms with van der Waals surface area (Å²) >= 11 is 0. The number of carbonyl (C=O) groups is 1. The molecule has 0 saturated carbocycles. The van der Waals surface area contributed by atoms with Crippen LogP contribution >= 0.6 is 0 Å². The largest absolute Gasteiger partial charge is 0.326 e. The van der Waals surface area contributed by atoms with Gasteiger partial charge in [0, 0.05) is 42.4 Å². The van der Waals surface area contributed by atoms with E-state index in [0.29, 0.717) is 6.42 Å². The molecule has 0 aliphatic heterocycles. The first-order chi connectivity index (χ1) is 13.2. The van der Waals surface area contributed by atoms with Gasteiger partial charge in [0.25, 0.3) is 0 Å². The van der Waals surface area contributed by atoms with Crippen molar-refractivity contribution >= 4 is 22.4 Å². The molecular formula is C23H19N3O. The van der Waals surface area contributed by atoms with Crippen LogP contribution in [0.25, 0.3) is 22.0 Å². The Morgan fingerprint density at radius 3 is 2.52 bits per heavy atom. The Labute approximate surface area is 157 Å². The first kappa shape index (κ1) is 16.9. The minimum absolute atomic E-state index is 0.0722. The number of fused-ring (bicyclic) bond motifs is 1. The second kappa shape index (κ2) is 7.38. The van der Waals surface area contributed by atoms with Crippen LogP contribution in [0.4, 0.5) is 5.69 Å². The fourth-order valence-electron chi connectivity index (χ4n) is 3.15. The fourth-order valence-corrected chi connectivity index (χ4v) is 3.15. The van der Waals surface area contributed by atoms with Gasteiger partial charge in [0.15, 0.2) is 0 Å². The lowest BCUT2D eigenvalue weighted by Gasteiger charge is -2.10. The third-order valence-electron chi connectivity index (χ3n) is 4.43. The molecule has 0 bridgehead atoms. The van der Waals surface area contributed by atoms with Crippen LogP contribution in [0.5, 0.6) is 0 Å². The van der Waals surface area contributed by atoms with Gasteiger partial charge in [-0.05, 0) is 35.2 Å². The molecule has 27 heavy (non-hydrogen) atoms. The molecule has 0 saturated heterocycles. The van der Waals surface area contributed by atoms with Gasteiger partial charge in [0.1, 0.15) is 0 Å². The Hall–Kier alpha value is -3.53. The predicted octanol–water partition coefficient (Wildman–Crippen LogP) is 4.85. The minimum Gasteiger partial charge on any atom is -0.326 e. The number of hydrogen-bond acceptors (Lipinski definition) is 3. The molecule has 0 fully saturated rings. The summed E-state index contributed by atoms with van der Waals surface area (Å²) in [5.41, 5.74) is 4.97. The molecule has 1 N–H and O–H groups in total. The molecule has 0 unspecified atom stereocenters. The van der Waals surface area contributed by atoms with Crippen molar-refractivity contribution in [2.24, 2.45) is 0 Å². The Bertz CT molecular complexity index is 1090. The van der Waals surface area contributed by atoms with E-state index in [1.54, 1.807) is 0 Å². The lowest BCUT2D eigenvalue weighted by atomic mass is 10.0. The van der Waals surface area contributed by atoms with Crippen LogP contribution in [0.15, 0.2) is 79.1 Å². The van der Waals surface area contributed by atoms with E-state index in [9.17, 15) is 4.79 Å². The molecule has 0 atom stereocenters. The Morgan fingerprint density at radius 1 is 1.00 bits per heavy atom. The molecule has 2 aromatic heterocycles. The highest BCUT2D eigenvalue weighted by atomic mass is 16.1. The Morgan fingerprint density at radius 2 is 1.78 bits per heavy atom. The number of nitrogens with one attached hydrogen (secondary N) is 1. The van der Waals surface area contributed by atoms with Crippen LogP contribution < -0.4 is 5.32 Å². The van der Waals surface area contributed by atoms with Gasteiger partial charge in [-0.2, -0.15) is 0 Å². The van der Waals surface area contributed by atoms with E-state index in [2.05, 4.69) is 28.5 Å². The van der Waals surface area contributed by atoms with Crippen molar-refractivity contribution in [2.75, 3.05) is 5.32 Å². The topological polar surface area (TPSA) is 54.9 Å². The van der Waals surface area contributed by atoms with Crippen LogP contribution in [0.3, 0.4) is 0 Å². The number of pyridine rings is 2. The molecule has 0 aliphatic carbocycles. The van der Waals surface area contributed by atoms with Gasteiger partial charge in [0.2, 0.25) is 5.91 Å². The van der Waals surface area contributed by atoms with Gasteiger partial charge in [-0.15, -0.1) is 0 Å². The van der Waals surface area contributed by atoms with Crippen LogP contribution in [-0.4, -0.2) is 15.9 Å². The van der Waals surface area contributed by atoms with E-state index in [0.717, 1.165) is 39.0 Å². The molecule has 132 valence electrons. The second-order valence-electron chi connectivity index (χ2n) is 6.47. The van der Waals surface area contributed by atoms with Crippen molar-refractivity contribution in [3.05, 3.63) is 90.4 Å². The van der Waals surface area contributed by atoms with Crippen LogP contribution in [-0.2, 0) is 11.2 Å². The SMILES string of the molecule is CC(=O)Nc1ccc(Cc2nc(-c3ccccc3)cc3ccncc23)cc1. The van der Waals surface area contributed by atoms with Gasteiger partial charge >= 0.3 is 0 Å². The van der Waals surface area contributed by atoms with Gasteiger partial charge in [-0.3, -0.25) is 14.8 Å². The number of amides is 1. The summed E-state index contributed by atoms with van der Waals surface area (Å²) in [7, 11) is 0. The number of hydrogen-bond donors (Lipinski definition) is 1. The van der Waals surface area contributed by atoms with Gasteiger partial charge in [-0.25, -0.2) is 0 Å². The van der Waals surface area contributed by atoms with E-state index in [1.807, 2.05) is 60.9 Å². The van der Waals surface area contributed by atoms with E-state index < -0.39 is 0 Å². The van der Waals surface area contributed by atoms with Crippen molar-refractivity contribution < 1.29 is 4.79 Å². The van der Waals surface area contributed by atoms with E-state index in [1.165, 1.54) is 6.92 Å². The Balaban J connectivity index is 1.73. The van der Waals surface area contributed by atoms with E-state index in [-0.39, 0.29) is 5.91 Å². The quantitative estimate of drug-likeness (QED) is 0.571. The number of aromatic nitrogens is 2. The summed E-state index contributed by atoms with van der Waals surface area (Å²) in [5, 5.41) is 4.98. The zero-order valence-electron chi connectivity index (χ0n) is 15.0. The fraction of sp³-hybridized carbons (Fsp3) is 0.0870. The lowest BCUT2D eigenvalue weighted by Crippen LogP contribution is -2.05. The molecule has 2 heterocycles. The van der Waals surface area contributed by atoms with E-state index in [4.69, 9.17) is 4.98 Å². The zero-order valence-corrected chi connectivity index (χ0v) is 15.0. The number of carbonyl (C=O) groups excluding carboxylic acids is 1. The smallest absolute Gasteiger partial charge is 0.221 e. The lowest BCUT2D eigenvalue weighted by molar-refractivity contribution is -0.114. The van der Waals surface area contributed by atoms with Crippen molar-refractivity contribution in [3.8, 4) is 11.3 Å². The van der Waals surface area contributed by atoms with Crippen molar-refractivity contribution in [3.63, 3.8) is 0 Å².